The molecule has 1 aromatic carbocycles. The van der Waals surface area contributed by atoms with Gasteiger partial charge >= 0.3 is 0 Å². The smallest absolute Gasteiger partial charge is 0.251 e. The zero-order valence-electron chi connectivity index (χ0n) is 9.65. The van der Waals surface area contributed by atoms with Crippen molar-refractivity contribution in [1.29, 1.82) is 0 Å². The van der Waals surface area contributed by atoms with Crippen LogP contribution in [0.2, 0.25) is 0 Å². The second-order valence-corrected chi connectivity index (χ2v) is 4.89. The van der Waals surface area contributed by atoms with E-state index in [1.807, 2.05) is 18.2 Å². The Bertz CT molecular complexity index is 365. The van der Waals surface area contributed by atoms with Gasteiger partial charge in [0.15, 0.2) is 0 Å². The molecule has 0 aliphatic carbocycles. The first-order valence-electron chi connectivity index (χ1n) is 5.33. The first-order valence-corrected chi connectivity index (χ1v) is 6.41. The second kappa shape index (κ2) is 7.62. The molecule has 0 saturated carbocycles. The van der Waals surface area contributed by atoms with Crippen LogP contribution in [0.4, 0.5) is 0 Å². The third-order valence-corrected chi connectivity index (χ3v) is 2.94. The molecule has 94 valence electrons. The van der Waals surface area contributed by atoms with Gasteiger partial charge in [0.2, 0.25) is 0 Å². The molecule has 0 radical (unpaired) electrons. The Kier molecular flexibility index (Phi) is 6.46. The quantitative estimate of drug-likeness (QED) is 0.764. The number of hydrogen-bond donors (Lipinski definition) is 2. The average Bonchev–Trinajstić information content (AvgIpc) is 2.29. The SMILES string of the molecule is COCC(CCO)NC(=O)c1cccc(I)c1. The molecule has 0 fully saturated rings. The van der Waals surface area contributed by atoms with Crippen molar-refractivity contribution in [2.24, 2.45) is 0 Å². The molecule has 0 bridgehead atoms. The number of amides is 1. The van der Waals surface area contributed by atoms with E-state index in [0.717, 1.165) is 3.57 Å². The molecule has 5 heteroatoms. The number of benzene rings is 1. The Morgan fingerprint density at radius 3 is 2.94 bits per heavy atom. The number of aliphatic hydroxyl groups excluding tert-OH is 1. The maximum atomic E-state index is 11.9. The fourth-order valence-corrected chi connectivity index (χ4v) is 2.00. The number of nitrogens with one attached hydrogen (secondary N) is 1. The van der Waals surface area contributed by atoms with Crippen LogP contribution in [0.25, 0.3) is 0 Å². The Labute approximate surface area is 115 Å². The van der Waals surface area contributed by atoms with E-state index in [9.17, 15) is 4.79 Å². The Balaban J connectivity index is 2.63. The summed E-state index contributed by atoms with van der Waals surface area (Å²) in [4.78, 5) is 11.9. The summed E-state index contributed by atoms with van der Waals surface area (Å²) in [6.07, 6.45) is 0.490. The highest BCUT2D eigenvalue weighted by molar-refractivity contribution is 14.1. The van der Waals surface area contributed by atoms with Gasteiger partial charge in [-0.05, 0) is 47.2 Å². The minimum atomic E-state index is -0.157. The van der Waals surface area contributed by atoms with E-state index < -0.39 is 0 Å². The lowest BCUT2D eigenvalue weighted by Gasteiger charge is -2.16. The summed E-state index contributed by atoms with van der Waals surface area (Å²) in [5.74, 6) is -0.140. The van der Waals surface area contributed by atoms with Gasteiger partial charge in [-0.3, -0.25) is 4.79 Å². The molecule has 0 aliphatic rings. The Morgan fingerprint density at radius 2 is 2.35 bits per heavy atom. The minimum absolute atomic E-state index is 0.0284. The van der Waals surface area contributed by atoms with Gasteiger partial charge in [0, 0.05) is 22.9 Å². The fraction of sp³-hybridized carbons (Fsp3) is 0.417. The van der Waals surface area contributed by atoms with E-state index in [4.69, 9.17) is 9.84 Å². The van der Waals surface area contributed by atoms with Gasteiger partial charge in [-0.1, -0.05) is 6.07 Å². The lowest BCUT2D eigenvalue weighted by atomic mass is 10.1. The molecule has 1 unspecified atom stereocenters. The van der Waals surface area contributed by atoms with Crippen LogP contribution in [0.5, 0.6) is 0 Å². The van der Waals surface area contributed by atoms with Crippen molar-refractivity contribution in [3.05, 3.63) is 33.4 Å². The molecule has 1 amide bonds. The number of aliphatic hydroxyl groups is 1. The fourth-order valence-electron chi connectivity index (χ4n) is 1.45. The maximum absolute atomic E-state index is 11.9. The van der Waals surface area contributed by atoms with E-state index in [0.29, 0.717) is 18.6 Å². The van der Waals surface area contributed by atoms with Crippen LogP contribution in [-0.2, 0) is 4.74 Å². The number of methoxy groups -OCH3 is 1. The van der Waals surface area contributed by atoms with Crippen molar-refractivity contribution in [3.63, 3.8) is 0 Å². The van der Waals surface area contributed by atoms with Crippen LogP contribution in [0.3, 0.4) is 0 Å². The topological polar surface area (TPSA) is 58.6 Å². The first-order chi connectivity index (χ1) is 8.17. The standard InChI is InChI=1S/C12H16INO3/c1-17-8-11(5-6-15)14-12(16)9-3-2-4-10(13)7-9/h2-4,7,11,15H,5-6,8H2,1H3,(H,14,16). The van der Waals surface area contributed by atoms with Gasteiger partial charge in [-0.2, -0.15) is 0 Å². The van der Waals surface area contributed by atoms with E-state index in [2.05, 4.69) is 27.9 Å². The van der Waals surface area contributed by atoms with Crippen molar-refractivity contribution >= 4 is 28.5 Å². The summed E-state index contributed by atoms with van der Waals surface area (Å²) in [6.45, 7) is 0.427. The Hall–Kier alpha value is -0.660. The highest BCUT2D eigenvalue weighted by Crippen LogP contribution is 2.08. The predicted molar refractivity (Wildman–Crippen MR) is 74.0 cm³/mol. The molecular weight excluding hydrogens is 333 g/mol. The number of carbonyl (C=O) groups is 1. The molecule has 0 aliphatic heterocycles. The number of hydrogen-bond acceptors (Lipinski definition) is 3. The zero-order valence-corrected chi connectivity index (χ0v) is 11.8. The molecule has 0 saturated heterocycles. The lowest BCUT2D eigenvalue weighted by molar-refractivity contribution is 0.0878. The molecule has 0 spiro atoms. The lowest BCUT2D eigenvalue weighted by Crippen LogP contribution is -2.38. The predicted octanol–water partition coefficient (Wildman–Crippen LogP) is 1.42. The summed E-state index contributed by atoms with van der Waals surface area (Å²) < 4.78 is 6.00. The summed E-state index contributed by atoms with van der Waals surface area (Å²) in [6, 6.07) is 7.19. The van der Waals surface area contributed by atoms with Gasteiger partial charge in [-0.15, -0.1) is 0 Å². The number of carbonyl (C=O) groups excluding carboxylic acids is 1. The first kappa shape index (κ1) is 14.4. The highest BCUT2D eigenvalue weighted by atomic mass is 127. The average molecular weight is 349 g/mol. The number of rotatable bonds is 6. The largest absolute Gasteiger partial charge is 0.396 e. The normalized spacial score (nSPS) is 12.2. The minimum Gasteiger partial charge on any atom is -0.396 e. The molecule has 2 N–H and O–H groups in total. The number of ether oxygens (including phenoxy) is 1. The molecule has 0 aromatic heterocycles. The van der Waals surface area contributed by atoms with Crippen molar-refractivity contribution in [2.45, 2.75) is 12.5 Å². The van der Waals surface area contributed by atoms with Gasteiger partial charge in [-0.25, -0.2) is 0 Å². The monoisotopic (exact) mass is 349 g/mol. The molecule has 4 nitrogen and oxygen atoms in total. The van der Waals surface area contributed by atoms with Crippen LogP contribution in [0, 0.1) is 3.57 Å². The van der Waals surface area contributed by atoms with Gasteiger partial charge in [0.1, 0.15) is 0 Å². The summed E-state index contributed by atoms with van der Waals surface area (Å²) in [7, 11) is 1.57. The zero-order chi connectivity index (χ0) is 12.7. The summed E-state index contributed by atoms with van der Waals surface area (Å²) in [5.41, 5.74) is 0.621. The van der Waals surface area contributed by atoms with E-state index >= 15 is 0 Å². The second-order valence-electron chi connectivity index (χ2n) is 3.65. The molecular formula is C12H16INO3. The van der Waals surface area contributed by atoms with Crippen LogP contribution < -0.4 is 5.32 Å². The summed E-state index contributed by atoms with van der Waals surface area (Å²) >= 11 is 2.16. The van der Waals surface area contributed by atoms with E-state index in [1.165, 1.54) is 0 Å². The molecule has 0 heterocycles. The molecule has 17 heavy (non-hydrogen) atoms. The van der Waals surface area contributed by atoms with Crippen molar-refractivity contribution < 1.29 is 14.6 Å². The van der Waals surface area contributed by atoms with Crippen LogP contribution in [0.1, 0.15) is 16.8 Å². The van der Waals surface area contributed by atoms with Crippen LogP contribution in [0.15, 0.2) is 24.3 Å². The third-order valence-electron chi connectivity index (χ3n) is 2.27. The molecule has 1 aromatic rings. The van der Waals surface area contributed by atoms with Crippen molar-refractivity contribution in [3.8, 4) is 0 Å². The highest BCUT2D eigenvalue weighted by Gasteiger charge is 2.13. The van der Waals surface area contributed by atoms with Crippen LogP contribution in [-0.4, -0.2) is 37.4 Å². The van der Waals surface area contributed by atoms with Crippen molar-refractivity contribution in [2.75, 3.05) is 20.3 Å². The van der Waals surface area contributed by atoms with Crippen LogP contribution >= 0.6 is 22.6 Å². The summed E-state index contributed by atoms with van der Waals surface area (Å²) in [5, 5.41) is 11.7. The Morgan fingerprint density at radius 1 is 1.59 bits per heavy atom. The molecule has 1 rings (SSSR count). The maximum Gasteiger partial charge on any atom is 0.251 e. The van der Waals surface area contributed by atoms with Gasteiger partial charge < -0.3 is 15.2 Å². The van der Waals surface area contributed by atoms with Gasteiger partial charge in [0.05, 0.1) is 12.6 Å². The number of halogens is 1. The van der Waals surface area contributed by atoms with E-state index in [1.54, 1.807) is 13.2 Å². The van der Waals surface area contributed by atoms with Gasteiger partial charge in [0.25, 0.3) is 5.91 Å². The molecule has 1 atom stereocenters. The van der Waals surface area contributed by atoms with Crippen molar-refractivity contribution in [1.82, 2.24) is 5.32 Å². The third kappa shape index (κ3) is 5.01. The van der Waals surface area contributed by atoms with E-state index in [-0.39, 0.29) is 18.6 Å².